The van der Waals surface area contributed by atoms with E-state index in [9.17, 15) is 4.79 Å². The van der Waals surface area contributed by atoms with Crippen LogP contribution in [0.3, 0.4) is 0 Å². The number of cyclic esters (lactones) is 1. The summed E-state index contributed by atoms with van der Waals surface area (Å²) in [4.78, 5) is 13.7. The van der Waals surface area contributed by atoms with Crippen molar-refractivity contribution in [1.82, 2.24) is 10.5 Å². The molecule has 1 atom stereocenters. The van der Waals surface area contributed by atoms with Gasteiger partial charge in [0.25, 0.3) is 5.88 Å². The smallest absolute Gasteiger partial charge is 0.414 e. The standard InChI is InChI=1S/C18H19N3O4/c22-18-21(11-16(25-18)12-23-17-7-10-24-20-17)15-3-1-13(2-4-15)14-5-8-19-9-6-14/h1-5,7,10,16,19H,6,8-9,11-12H2/t16-/m1/s1. The van der Waals surface area contributed by atoms with Crippen molar-refractivity contribution >= 4 is 17.4 Å². The van der Waals surface area contributed by atoms with Crippen LogP contribution in [0.25, 0.3) is 5.57 Å². The number of ether oxygens (including phenoxy) is 2. The Kier molecular flexibility index (Phi) is 4.39. The van der Waals surface area contributed by atoms with Gasteiger partial charge in [-0.1, -0.05) is 18.2 Å². The Bertz CT molecular complexity index is 755. The molecule has 1 N–H and O–H groups in total. The zero-order valence-electron chi connectivity index (χ0n) is 13.7. The second-order valence-corrected chi connectivity index (χ2v) is 6.00. The van der Waals surface area contributed by atoms with Gasteiger partial charge in [-0.15, -0.1) is 0 Å². The number of amides is 1. The molecule has 7 heteroatoms. The molecule has 0 unspecified atom stereocenters. The van der Waals surface area contributed by atoms with Crippen LogP contribution in [0.4, 0.5) is 10.5 Å². The van der Waals surface area contributed by atoms with Crippen LogP contribution in [0.1, 0.15) is 12.0 Å². The van der Waals surface area contributed by atoms with E-state index in [0.29, 0.717) is 12.4 Å². The Morgan fingerprint density at radius 3 is 2.88 bits per heavy atom. The number of anilines is 1. The molecule has 25 heavy (non-hydrogen) atoms. The summed E-state index contributed by atoms with van der Waals surface area (Å²) in [5, 5.41) is 6.97. The van der Waals surface area contributed by atoms with Gasteiger partial charge in [-0.2, -0.15) is 0 Å². The summed E-state index contributed by atoms with van der Waals surface area (Å²) in [6.45, 7) is 2.59. The largest absolute Gasteiger partial charge is 0.471 e. The van der Waals surface area contributed by atoms with Gasteiger partial charge in [0.1, 0.15) is 12.9 Å². The first kappa shape index (κ1) is 15.7. The first-order valence-corrected chi connectivity index (χ1v) is 8.31. The maximum atomic E-state index is 12.1. The highest BCUT2D eigenvalue weighted by molar-refractivity contribution is 5.90. The highest BCUT2D eigenvalue weighted by Gasteiger charge is 2.33. The number of nitrogens with zero attached hydrogens (tertiary/aromatic N) is 2. The molecule has 1 aromatic carbocycles. The SMILES string of the molecule is O=C1O[C@@H](COc2ccon2)CN1c1ccc(C2=CCNCC2)cc1. The van der Waals surface area contributed by atoms with Gasteiger partial charge in [0, 0.05) is 18.3 Å². The Hall–Kier alpha value is -2.80. The van der Waals surface area contributed by atoms with Crippen molar-refractivity contribution < 1.29 is 18.8 Å². The molecule has 2 aliphatic rings. The van der Waals surface area contributed by atoms with Gasteiger partial charge in [0.15, 0.2) is 6.10 Å². The Balaban J connectivity index is 1.39. The Labute approximate surface area is 145 Å². The summed E-state index contributed by atoms with van der Waals surface area (Å²) in [5.41, 5.74) is 3.36. The monoisotopic (exact) mass is 341 g/mol. The van der Waals surface area contributed by atoms with Gasteiger partial charge in [-0.3, -0.25) is 4.90 Å². The number of hydrogen-bond donors (Lipinski definition) is 1. The van der Waals surface area contributed by atoms with E-state index in [4.69, 9.17) is 14.0 Å². The lowest BCUT2D eigenvalue weighted by atomic mass is 10.00. The molecule has 2 aromatic rings. The van der Waals surface area contributed by atoms with Gasteiger partial charge in [0.05, 0.1) is 6.54 Å². The van der Waals surface area contributed by atoms with Gasteiger partial charge in [0.2, 0.25) is 0 Å². The fourth-order valence-corrected chi connectivity index (χ4v) is 3.01. The zero-order valence-corrected chi connectivity index (χ0v) is 13.7. The van der Waals surface area contributed by atoms with Crippen LogP contribution in [-0.2, 0) is 4.74 Å². The van der Waals surface area contributed by atoms with Crippen molar-refractivity contribution in [2.75, 3.05) is 31.1 Å². The maximum Gasteiger partial charge on any atom is 0.414 e. The summed E-state index contributed by atoms with van der Waals surface area (Å²) in [6.07, 6.45) is 3.97. The first-order chi connectivity index (χ1) is 12.3. The van der Waals surface area contributed by atoms with Crippen molar-refractivity contribution in [3.63, 3.8) is 0 Å². The maximum absolute atomic E-state index is 12.1. The van der Waals surface area contributed by atoms with Gasteiger partial charge in [-0.25, -0.2) is 4.79 Å². The average molecular weight is 341 g/mol. The predicted octanol–water partition coefficient (Wildman–Crippen LogP) is 2.46. The average Bonchev–Trinajstić information content (AvgIpc) is 3.30. The molecule has 0 saturated carbocycles. The summed E-state index contributed by atoms with van der Waals surface area (Å²) in [7, 11) is 0. The van der Waals surface area contributed by atoms with E-state index < -0.39 is 0 Å². The number of aromatic nitrogens is 1. The minimum Gasteiger partial charge on any atom is -0.471 e. The minimum atomic E-state index is -0.359. The van der Waals surface area contributed by atoms with Gasteiger partial charge >= 0.3 is 6.09 Å². The third-order valence-electron chi connectivity index (χ3n) is 4.32. The molecule has 1 fully saturated rings. The van der Waals surface area contributed by atoms with Crippen molar-refractivity contribution in [2.45, 2.75) is 12.5 Å². The normalized spacial score (nSPS) is 20.3. The molecule has 1 saturated heterocycles. The van der Waals surface area contributed by atoms with Crippen molar-refractivity contribution in [3.8, 4) is 5.88 Å². The van der Waals surface area contributed by atoms with E-state index in [2.05, 4.69) is 28.7 Å². The highest BCUT2D eigenvalue weighted by atomic mass is 16.6. The van der Waals surface area contributed by atoms with Crippen LogP contribution < -0.4 is 15.0 Å². The van der Waals surface area contributed by atoms with Gasteiger partial charge in [-0.05, 0) is 41.4 Å². The van der Waals surface area contributed by atoms with E-state index in [1.54, 1.807) is 11.0 Å². The van der Waals surface area contributed by atoms with E-state index in [0.717, 1.165) is 25.2 Å². The number of nitrogens with one attached hydrogen (secondary N) is 1. The summed E-state index contributed by atoms with van der Waals surface area (Å²) < 4.78 is 15.5. The zero-order chi connectivity index (χ0) is 17.1. The topological polar surface area (TPSA) is 76.8 Å². The van der Waals surface area contributed by atoms with Crippen LogP contribution in [0.2, 0.25) is 0 Å². The van der Waals surface area contributed by atoms with E-state index in [-0.39, 0.29) is 18.8 Å². The van der Waals surface area contributed by atoms with Crippen molar-refractivity contribution in [2.24, 2.45) is 0 Å². The third-order valence-corrected chi connectivity index (χ3v) is 4.32. The fraction of sp³-hybridized carbons (Fsp3) is 0.333. The fourth-order valence-electron chi connectivity index (χ4n) is 3.01. The minimum absolute atomic E-state index is 0.243. The molecule has 7 nitrogen and oxygen atoms in total. The molecular weight excluding hydrogens is 322 g/mol. The molecule has 0 spiro atoms. The molecule has 0 bridgehead atoms. The highest BCUT2D eigenvalue weighted by Crippen LogP contribution is 2.26. The second kappa shape index (κ2) is 6.98. The van der Waals surface area contributed by atoms with Crippen molar-refractivity contribution in [3.05, 3.63) is 48.2 Å². The second-order valence-electron chi connectivity index (χ2n) is 6.00. The lowest BCUT2D eigenvalue weighted by Crippen LogP contribution is -2.26. The molecule has 4 rings (SSSR count). The molecule has 1 aromatic heterocycles. The number of carbonyl (C=O) groups excluding carboxylic acids is 1. The number of carbonyl (C=O) groups is 1. The van der Waals surface area contributed by atoms with Crippen molar-refractivity contribution in [1.29, 1.82) is 0 Å². The lowest BCUT2D eigenvalue weighted by molar-refractivity contribution is 0.102. The molecule has 2 aliphatic heterocycles. The molecule has 0 aliphatic carbocycles. The summed E-state index contributed by atoms with van der Waals surface area (Å²) in [5.74, 6) is 0.383. The molecule has 130 valence electrons. The summed E-state index contributed by atoms with van der Waals surface area (Å²) in [6, 6.07) is 9.64. The molecule has 3 heterocycles. The Morgan fingerprint density at radius 1 is 1.28 bits per heavy atom. The molecular formula is C18H19N3O4. The molecule has 1 amide bonds. The number of benzene rings is 1. The van der Waals surface area contributed by atoms with Gasteiger partial charge < -0.3 is 19.3 Å². The van der Waals surface area contributed by atoms with Crippen LogP contribution in [0.15, 0.2) is 47.2 Å². The number of rotatable bonds is 5. The number of hydrogen-bond acceptors (Lipinski definition) is 6. The van der Waals surface area contributed by atoms with E-state index in [1.165, 1.54) is 17.4 Å². The van der Waals surface area contributed by atoms with Crippen LogP contribution in [-0.4, -0.2) is 43.6 Å². The van der Waals surface area contributed by atoms with Crippen LogP contribution >= 0.6 is 0 Å². The van der Waals surface area contributed by atoms with Crippen LogP contribution in [0, 0.1) is 0 Å². The van der Waals surface area contributed by atoms with E-state index in [1.807, 2.05) is 12.1 Å². The Morgan fingerprint density at radius 2 is 2.16 bits per heavy atom. The first-order valence-electron chi connectivity index (χ1n) is 8.31. The lowest BCUT2D eigenvalue weighted by Gasteiger charge is -2.16. The van der Waals surface area contributed by atoms with Crippen LogP contribution in [0.5, 0.6) is 5.88 Å². The predicted molar refractivity (Wildman–Crippen MR) is 91.5 cm³/mol. The quantitative estimate of drug-likeness (QED) is 0.900. The summed E-state index contributed by atoms with van der Waals surface area (Å²) >= 11 is 0. The molecule has 0 radical (unpaired) electrons. The van der Waals surface area contributed by atoms with E-state index >= 15 is 0 Å². The third kappa shape index (κ3) is 3.51.